The lowest BCUT2D eigenvalue weighted by Gasteiger charge is -2.13. The van der Waals surface area contributed by atoms with Crippen LogP contribution in [0.15, 0.2) is 122 Å². The van der Waals surface area contributed by atoms with Crippen LogP contribution in [-0.2, 0) is 0 Å². The Kier molecular flexibility index (Phi) is 4.24. The summed E-state index contributed by atoms with van der Waals surface area (Å²) in [5, 5.41) is 5.49. The summed E-state index contributed by atoms with van der Waals surface area (Å²) >= 11 is 0. The van der Waals surface area contributed by atoms with E-state index in [1.165, 1.54) is 0 Å². The second-order valence-electron chi connectivity index (χ2n) is 9.99. The molecule has 5 aromatic carbocycles. The molecule has 9 aromatic rings. The molecular weight excluding hydrogens is 492 g/mol. The summed E-state index contributed by atoms with van der Waals surface area (Å²) in [4.78, 5) is 19.3. The van der Waals surface area contributed by atoms with Gasteiger partial charge >= 0.3 is 0 Å². The lowest BCUT2D eigenvalue weighted by Crippen LogP contribution is -2.02. The maximum absolute atomic E-state index is 5.12. The molecule has 0 atom stereocenters. The number of para-hydroxylation sites is 5. The molecular formula is C34H20N6. The summed E-state index contributed by atoms with van der Waals surface area (Å²) in [6.07, 6.45) is 5.47. The Morgan fingerprint density at radius 3 is 1.98 bits per heavy atom. The third-order valence-electron chi connectivity index (χ3n) is 7.87. The van der Waals surface area contributed by atoms with E-state index in [4.69, 9.17) is 15.0 Å². The molecule has 4 heterocycles. The van der Waals surface area contributed by atoms with E-state index in [-0.39, 0.29) is 0 Å². The molecule has 0 unspecified atom stereocenters. The van der Waals surface area contributed by atoms with Crippen LogP contribution in [-0.4, -0.2) is 29.1 Å². The van der Waals surface area contributed by atoms with E-state index in [1.54, 1.807) is 6.33 Å². The molecule has 0 radical (unpaired) electrons. The molecule has 0 saturated heterocycles. The SMILES string of the molecule is c1ccc(-n2c3ccccc3c3c4ncncc4c4c5ccccc5n(-c5cnc6ccccc6n5)c4c32)cc1. The smallest absolute Gasteiger partial charge is 0.156 e. The number of nitrogens with zero attached hydrogens (tertiary/aromatic N) is 6. The minimum Gasteiger partial charge on any atom is -0.307 e. The molecule has 0 spiro atoms. The second kappa shape index (κ2) is 7.94. The van der Waals surface area contributed by atoms with Crippen LogP contribution in [0, 0.1) is 0 Å². The molecule has 0 amide bonds. The third kappa shape index (κ3) is 2.77. The summed E-state index contributed by atoms with van der Waals surface area (Å²) in [7, 11) is 0. The van der Waals surface area contributed by atoms with Crippen LogP contribution in [0.5, 0.6) is 0 Å². The van der Waals surface area contributed by atoms with Gasteiger partial charge in [0.25, 0.3) is 0 Å². The molecule has 0 bridgehead atoms. The Labute approximate surface area is 227 Å². The molecule has 9 rings (SSSR count). The predicted octanol–water partition coefficient (Wildman–Crippen LogP) is 7.77. The first-order valence-electron chi connectivity index (χ1n) is 13.2. The number of aromatic nitrogens is 6. The van der Waals surface area contributed by atoms with Crippen LogP contribution in [0.1, 0.15) is 0 Å². The summed E-state index contributed by atoms with van der Waals surface area (Å²) < 4.78 is 4.62. The van der Waals surface area contributed by atoms with Gasteiger partial charge in [0.2, 0.25) is 0 Å². The van der Waals surface area contributed by atoms with E-state index >= 15 is 0 Å². The van der Waals surface area contributed by atoms with E-state index < -0.39 is 0 Å². The highest BCUT2D eigenvalue weighted by molar-refractivity contribution is 6.35. The molecule has 0 aliphatic rings. The largest absolute Gasteiger partial charge is 0.307 e. The minimum atomic E-state index is 0.771. The zero-order chi connectivity index (χ0) is 26.2. The molecule has 0 aliphatic carbocycles. The van der Waals surface area contributed by atoms with Gasteiger partial charge in [-0.3, -0.25) is 9.55 Å². The van der Waals surface area contributed by atoms with Gasteiger partial charge in [-0.2, -0.15) is 0 Å². The van der Waals surface area contributed by atoms with Crippen molar-refractivity contribution < 1.29 is 0 Å². The number of hydrogen-bond donors (Lipinski definition) is 0. The molecule has 6 heteroatoms. The Hall–Kier alpha value is -5.62. The highest BCUT2D eigenvalue weighted by atomic mass is 15.1. The molecule has 0 fully saturated rings. The average molecular weight is 513 g/mol. The summed E-state index contributed by atoms with van der Waals surface area (Å²) in [6, 6.07) is 35.6. The van der Waals surface area contributed by atoms with E-state index in [2.05, 4.69) is 93.0 Å². The fourth-order valence-electron chi connectivity index (χ4n) is 6.29. The van der Waals surface area contributed by atoms with Gasteiger partial charge in [0.05, 0.1) is 44.8 Å². The van der Waals surface area contributed by atoms with Crippen molar-refractivity contribution in [3.05, 3.63) is 122 Å². The first-order chi connectivity index (χ1) is 19.9. The number of rotatable bonds is 2. The van der Waals surface area contributed by atoms with Crippen LogP contribution >= 0.6 is 0 Å². The standard InChI is InChI=1S/C34H20N6/c1-2-10-21(11-3-1)39-27-16-8-5-13-23(27)31-32-24(18-35-20-37-32)30-22-12-4-9-17-28(22)40(33(30)34(31)39)29-19-36-25-14-6-7-15-26(25)38-29/h1-20H. The Morgan fingerprint density at radius 1 is 0.500 bits per heavy atom. The van der Waals surface area contributed by atoms with Crippen LogP contribution in [0.2, 0.25) is 0 Å². The minimum absolute atomic E-state index is 0.771. The molecule has 6 nitrogen and oxygen atoms in total. The molecule has 0 aliphatic heterocycles. The maximum Gasteiger partial charge on any atom is 0.156 e. The topological polar surface area (TPSA) is 61.4 Å². The van der Waals surface area contributed by atoms with Gasteiger partial charge in [0.15, 0.2) is 5.82 Å². The Bertz CT molecular complexity index is 2440. The van der Waals surface area contributed by atoms with Gasteiger partial charge in [0, 0.05) is 38.8 Å². The number of fused-ring (bicyclic) bond motifs is 11. The lowest BCUT2D eigenvalue weighted by molar-refractivity contribution is 1.07. The van der Waals surface area contributed by atoms with Crippen molar-refractivity contribution in [2.24, 2.45) is 0 Å². The van der Waals surface area contributed by atoms with Crippen molar-refractivity contribution in [3.8, 4) is 11.5 Å². The van der Waals surface area contributed by atoms with Crippen molar-refractivity contribution in [2.45, 2.75) is 0 Å². The van der Waals surface area contributed by atoms with Gasteiger partial charge < -0.3 is 4.57 Å². The fourth-order valence-corrected chi connectivity index (χ4v) is 6.29. The van der Waals surface area contributed by atoms with Crippen molar-refractivity contribution in [1.82, 2.24) is 29.1 Å². The highest BCUT2D eigenvalue weighted by Gasteiger charge is 2.25. The maximum atomic E-state index is 5.12. The first kappa shape index (κ1) is 21.3. The van der Waals surface area contributed by atoms with Crippen molar-refractivity contribution in [2.75, 3.05) is 0 Å². The lowest BCUT2D eigenvalue weighted by atomic mass is 10.0. The first-order valence-corrected chi connectivity index (χ1v) is 13.2. The molecule has 0 saturated carbocycles. The zero-order valence-electron chi connectivity index (χ0n) is 21.2. The second-order valence-corrected chi connectivity index (χ2v) is 9.99. The molecule has 40 heavy (non-hydrogen) atoms. The van der Waals surface area contributed by atoms with E-state index in [1.807, 2.05) is 36.7 Å². The van der Waals surface area contributed by atoms with Gasteiger partial charge in [-0.05, 0) is 36.4 Å². The van der Waals surface area contributed by atoms with Crippen molar-refractivity contribution in [3.63, 3.8) is 0 Å². The van der Waals surface area contributed by atoms with E-state index in [9.17, 15) is 0 Å². The fraction of sp³-hybridized carbons (Fsp3) is 0. The predicted molar refractivity (Wildman–Crippen MR) is 161 cm³/mol. The van der Waals surface area contributed by atoms with Crippen LogP contribution < -0.4 is 0 Å². The van der Waals surface area contributed by atoms with Gasteiger partial charge in [-0.25, -0.2) is 15.0 Å². The van der Waals surface area contributed by atoms with Crippen LogP contribution in [0.25, 0.3) is 77.1 Å². The summed E-state index contributed by atoms with van der Waals surface area (Å²) in [6.45, 7) is 0. The quantitative estimate of drug-likeness (QED) is 0.237. The van der Waals surface area contributed by atoms with Gasteiger partial charge in [-0.15, -0.1) is 0 Å². The van der Waals surface area contributed by atoms with E-state index in [0.29, 0.717) is 0 Å². The highest BCUT2D eigenvalue weighted by Crippen LogP contribution is 2.45. The number of benzene rings is 5. The Morgan fingerprint density at radius 2 is 1.15 bits per heavy atom. The Balaban J connectivity index is 1.63. The van der Waals surface area contributed by atoms with Crippen molar-refractivity contribution >= 4 is 65.5 Å². The summed E-state index contributed by atoms with van der Waals surface area (Å²) in [5.74, 6) is 0.771. The van der Waals surface area contributed by atoms with Gasteiger partial charge in [-0.1, -0.05) is 66.7 Å². The number of hydrogen-bond acceptors (Lipinski definition) is 4. The monoisotopic (exact) mass is 512 g/mol. The molecule has 0 N–H and O–H groups in total. The third-order valence-corrected chi connectivity index (χ3v) is 7.87. The van der Waals surface area contributed by atoms with Gasteiger partial charge in [0.1, 0.15) is 6.33 Å². The normalized spacial score (nSPS) is 12.0. The van der Waals surface area contributed by atoms with Crippen LogP contribution in [0.4, 0.5) is 0 Å². The van der Waals surface area contributed by atoms with Crippen LogP contribution in [0.3, 0.4) is 0 Å². The molecule has 4 aromatic heterocycles. The summed E-state index contributed by atoms with van der Waals surface area (Å²) in [5.41, 5.74) is 8.08. The zero-order valence-corrected chi connectivity index (χ0v) is 21.2. The van der Waals surface area contributed by atoms with E-state index in [0.717, 1.165) is 77.1 Å². The average Bonchev–Trinajstić information content (AvgIpc) is 3.55. The molecule has 186 valence electrons. The van der Waals surface area contributed by atoms with Crippen molar-refractivity contribution in [1.29, 1.82) is 0 Å².